The van der Waals surface area contributed by atoms with Crippen molar-refractivity contribution in [2.45, 2.75) is 32.4 Å². The zero-order valence-corrected chi connectivity index (χ0v) is 25.2. The number of ether oxygens (including phenoxy) is 3. The van der Waals surface area contributed by atoms with Crippen LogP contribution in [0.2, 0.25) is 0 Å². The zero-order valence-electron chi connectivity index (χ0n) is 25.2. The van der Waals surface area contributed by atoms with Gasteiger partial charge in [-0.25, -0.2) is 14.0 Å². The van der Waals surface area contributed by atoms with Crippen LogP contribution in [-0.2, 0) is 11.2 Å². The summed E-state index contributed by atoms with van der Waals surface area (Å²) in [5.74, 6) is 0.712. The summed E-state index contributed by atoms with van der Waals surface area (Å²) in [5.41, 5.74) is 1.92. The average Bonchev–Trinajstić information content (AvgIpc) is 3.49. The van der Waals surface area contributed by atoms with Gasteiger partial charge in [0.2, 0.25) is 12.7 Å². The third kappa shape index (κ3) is 7.73. The van der Waals surface area contributed by atoms with Crippen LogP contribution in [0.4, 0.5) is 31.0 Å². The van der Waals surface area contributed by atoms with Crippen molar-refractivity contribution in [3.63, 3.8) is 0 Å². The number of nitrogens with one attached hydrogen (secondary N) is 3. The molecule has 2 aliphatic rings. The molecule has 5 rings (SSSR count). The second kappa shape index (κ2) is 13.7. The monoisotopic (exact) mass is 621 g/mol. The van der Waals surface area contributed by atoms with Crippen molar-refractivity contribution in [2.75, 3.05) is 49.5 Å². The molecular formula is C32H36FN5O7. The van der Waals surface area contributed by atoms with E-state index in [1.54, 1.807) is 55.3 Å². The van der Waals surface area contributed by atoms with Crippen LogP contribution in [0.3, 0.4) is 0 Å². The van der Waals surface area contributed by atoms with Crippen LogP contribution in [0.5, 0.6) is 17.2 Å². The third-order valence-electron chi connectivity index (χ3n) is 7.70. The molecule has 0 aromatic heterocycles. The van der Waals surface area contributed by atoms with Gasteiger partial charge in [0.1, 0.15) is 17.7 Å². The van der Waals surface area contributed by atoms with E-state index in [-0.39, 0.29) is 44.7 Å². The van der Waals surface area contributed by atoms with Crippen molar-refractivity contribution in [1.82, 2.24) is 9.80 Å². The molecule has 12 nitrogen and oxygen atoms in total. The molecule has 238 valence electrons. The molecule has 4 N–H and O–H groups in total. The first-order valence-electron chi connectivity index (χ1n) is 14.5. The van der Waals surface area contributed by atoms with Gasteiger partial charge in [0.05, 0.1) is 25.6 Å². The van der Waals surface area contributed by atoms with Gasteiger partial charge in [0.25, 0.3) is 0 Å². The van der Waals surface area contributed by atoms with E-state index in [1.807, 2.05) is 6.92 Å². The van der Waals surface area contributed by atoms with Crippen LogP contribution in [0.15, 0.2) is 60.7 Å². The zero-order chi connectivity index (χ0) is 32.1. The first kappa shape index (κ1) is 31.4. The van der Waals surface area contributed by atoms with E-state index in [4.69, 9.17) is 14.2 Å². The lowest BCUT2D eigenvalue weighted by molar-refractivity contribution is -0.134. The van der Waals surface area contributed by atoms with Crippen molar-refractivity contribution in [3.8, 4) is 17.2 Å². The lowest BCUT2D eigenvalue weighted by atomic mass is 10.0. The molecule has 13 heteroatoms. The topological polar surface area (TPSA) is 142 Å². The summed E-state index contributed by atoms with van der Waals surface area (Å²) in [7, 11) is 1.62. The van der Waals surface area contributed by atoms with E-state index >= 15 is 0 Å². The molecule has 0 saturated heterocycles. The number of anilines is 3. The summed E-state index contributed by atoms with van der Waals surface area (Å²) < 4.78 is 30.4. The number of hydrogen-bond donors (Lipinski definition) is 4. The fourth-order valence-electron chi connectivity index (χ4n) is 5.10. The van der Waals surface area contributed by atoms with Gasteiger partial charge in [-0.15, -0.1) is 0 Å². The van der Waals surface area contributed by atoms with Crippen LogP contribution in [0.25, 0.3) is 0 Å². The number of nitrogens with zero attached hydrogens (tertiary/aromatic N) is 2. The molecule has 0 bridgehead atoms. The van der Waals surface area contributed by atoms with Crippen LogP contribution in [0.1, 0.15) is 19.4 Å². The fraction of sp³-hybridized carbons (Fsp3) is 0.344. The van der Waals surface area contributed by atoms with Gasteiger partial charge in [0.15, 0.2) is 11.5 Å². The second-order valence-electron chi connectivity index (χ2n) is 11.2. The number of amides is 5. The molecule has 0 radical (unpaired) electrons. The van der Waals surface area contributed by atoms with Crippen molar-refractivity contribution < 1.29 is 38.1 Å². The summed E-state index contributed by atoms with van der Waals surface area (Å²) in [6.45, 7) is 4.03. The number of hydrogen-bond acceptors (Lipinski definition) is 7. The maximum atomic E-state index is 13.5. The van der Waals surface area contributed by atoms with E-state index in [0.29, 0.717) is 39.9 Å². The maximum absolute atomic E-state index is 13.5. The van der Waals surface area contributed by atoms with Crippen LogP contribution in [-0.4, -0.2) is 78.6 Å². The standard InChI is InChI=1S/C32H36FN5O7/c1-19-15-38(20(2)17-39)30(40)13-21-12-24(34-31(41)35-25-9-11-27-28(14-25)44-18-43-27)8-10-26(21)45-29(19)16-37(3)32(42)36-23-6-4-22(33)5-7-23/h4-12,14,19-20,29,39H,13,15-18H2,1-3H3,(H,36,42)(H2,34,35,41)/t19-,20-,29-/m1/s1. The van der Waals surface area contributed by atoms with Gasteiger partial charge in [-0.3, -0.25) is 4.79 Å². The number of likely N-dealkylation sites (N-methyl/N-ethyl adjacent to an activating group) is 1. The second-order valence-corrected chi connectivity index (χ2v) is 11.2. The van der Waals surface area contributed by atoms with Crippen molar-refractivity contribution in [2.24, 2.45) is 5.92 Å². The Morgan fingerprint density at radius 2 is 1.62 bits per heavy atom. The highest BCUT2D eigenvalue weighted by atomic mass is 19.1. The molecule has 3 aromatic rings. The Balaban J connectivity index is 1.33. The molecule has 0 unspecified atom stereocenters. The predicted molar refractivity (Wildman–Crippen MR) is 165 cm³/mol. The number of fused-ring (bicyclic) bond motifs is 2. The predicted octanol–water partition coefficient (Wildman–Crippen LogP) is 4.51. The molecule has 5 amide bonds. The summed E-state index contributed by atoms with van der Waals surface area (Å²) in [5, 5.41) is 18.2. The van der Waals surface area contributed by atoms with Crippen LogP contribution >= 0.6 is 0 Å². The molecule has 0 fully saturated rings. The highest BCUT2D eigenvalue weighted by molar-refractivity contribution is 6.00. The van der Waals surface area contributed by atoms with Crippen molar-refractivity contribution in [1.29, 1.82) is 0 Å². The largest absolute Gasteiger partial charge is 0.488 e. The molecule has 3 aromatic carbocycles. The normalized spacial score (nSPS) is 18.0. The molecule has 0 aliphatic carbocycles. The minimum atomic E-state index is -0.542. The van der Waals surface area contributed by atoms with E-state index in [0.717, 1.165) is 0 Å². The number of carbonyl (C=O) groups excluding carboxylic acids is 3. The number of urea groups is 2. The Morgan fingerprint density at radius 3 is 2.33 bits per heavy atom. The first-order chi connectivity index (χ1) is 21.6. The van der Waals surface area contributed by atoms with Crippen molar-refractivity contribution >= 4 is 35.0 Å². The van der Waals surface area contributed by atoms with Crippen LogP contribution in [0, 0.1) is 11.7 Å². The number of halogens is 1. The number of aliphatic hydroxyl groups is 1. The molecular weight excluding hydrogens is 585 g/mol. The summed E-state index contributed by atoms with van der Waals surface area (Å²) >= 11 is 0. The molecule has 3 atom stereocenters. The Kier molecular flexibility index (Phi) is 9.57. The summed E-state index contributed by atoms with van der Waals surface area (Å²) in [4.78, 5) is 42.3. The molecule has 2 aliphatic heterocycles. The van der Waals surface area contributed by atoms with Gasteiger partial charge >= 0.3 is 12.1 Å². The Hall–Kier alpha value is -5.04. The smallest absolute Gasteiger partial charge is 0.323 e. The molecule has 0 spiro atoms. The highest BCUT2D eigenvalue weighted by Gasteiger charge is 2.32. The third-order valence-corrected chi connectivity index (χ3v) is 7.70. The van der Waals surface area contributed by atoms with Gasteiger partial charge < -0.3 is 45.1 Å². The van der Waals surface area contributed by atoms with Crippen molar-refractivity contribution in [3.05, 3.63) is 72.0 Å². The number of carbonyl (C=O) groups is 3. The first-order valence-corrected chi connectivity index (χ1v) is 14.5. The Bertz CT molecular complexity index is 1550. The highest BCUT2D eigenvalue weighted by Crippen LogP contribution is 2.34. The average molecular weight is 622 g/mol. The maximum Gasteiger partial charge on any atom is 0.323 e. The van der Waals surface area contributed by atoms with E-state index in [1.165, 1.54) is 29.2 Å². The number of aliphatic hydroxyl groups excluding tert-OH is 1. The molecule has 0 saturated carbocycles. The quantitative estimate of drug-likeness (QED) is 0.304. The van der Waals surface area contributed by atoms with Gasteiger partial charge in [0, 0.05) is 48.2 Å². The molecule has 45 heavy (non-hydrogen) atoms. The fourth-order valence-corrected chi connectivity index (χ4v) is 5.10. The summed E-state index contributed by atoms with van der Waals surface area (Å²) in [6.07, 6.45) is -0.570. The van der Waals surface area contributed by atoms with E-state index in [9.17, 15) is 23.9 Å². The van der Waals surface area contributed by atoms with Gasteiger partial charge in [-0.1, -0.05) is 6.92 Å². The lowest BCUT2D eigenvalue weighted by Crippen LogP contribution is -2.48. The van der Waals surface area contributed by atoms with E-state index in [2.05, 4.69) is 16.0 Å². The molecule has 2 heterocycles. The number of rotatable bonds is 7. The Labute approximate surface area is 260 Å². The lowest BCUT2D eigenvalue weighted by Gasteiger charge is -2.34. The van der Waals surface area contributed by atoms with E-state index < -0.39 is 30.0 Å². The minimum absolute atomic E-state index is 0.0285. The summed E-state index contributed by atoms with van der Waals surface area (Å²) in [6, 6.07) is 14.2. The van der Waals surface area contributed by atoms with Gasteiger partial charge in [-0.05, 0) is 61.5 Å². The van der Waals surface area contributed by atoms with Gasteiger partial charge in [-0.2, -0.15) is 0 Å². The minimum Gasteiger partial charge on any atom is -0.488 e. The van der Waals surface area contributed by atoms with Crippen LogP contribution < -0.4 is 30.2 Å². The Morgan fingerprint density at radius 1 is 0.978 bits per heavy atom. The number of benzene rings is 3. The SMILES string of the molecule is C[C@@H]1CN([C@H](C)CO)C(=O)Cc2cc(NC(=O)Nc3ccc4c(c3)OCO4)ccc2O[C@@H]1CN(C)C(=O)Nc1ccc(F)cc1.